The molecule has 3 fully saturated rings. The number of fused-ring (bicyclic) bond motifs is 4. The number of tetrazole rings is 1. The lowest BCUT2D eigenvalue weighted by Gasteiger charge is -2.51. The van der Waals surface area contributed by atoms with Crippen LogP contribution in [0.15, 0.2) is 9.59 Å². The molecule has 3 aromatic rings. The van der Waals surface area contributed by atoms with Gasteiger partial charge in [0.15, 0.2) is 11.5 Å². The minimum atomic E-state index is -0.256. The Hall–Kier alpha value is -2.78. The van der Waals surface area contributed by atoms with Crippen LogP contribution >= 0.6 is 0 Å². The summed E-state index contributed by atoms with van der Waals surface area (Å²) in [5.41, 5.74) is 0.399. The van der Waals surface area contributed by atoms with E-state index in [2.05, 4.69) is 25.6 Å². The molecule has 0 saturated heterocycles. The summed E-state index contributed by atoms with van der Waals surface area (Å²) in [6.45, 7) is 4.97. The van der Waals surface area contributed by atoms with Crippen LogP contribution in [0.4, 0.5) is 0 Å². The number of H-pyrrole nitrogens is 2. The second kappa shape index (κ2) is 6.88. The van der Waals surface area contributed by atoms with Gasteiger partial charge in [0.05, 0.1) is 0 Å². The summed E-state index contributed by atoms with van der Waals surface area (Å²) >= 11 is 0. The summed E-state index contributed by atoms with van der Waals surface area (Å²) in [7, 11) is 0. The second-order valence-electron chi connectivity index (χ2n) is 8.99. The Morgan fingerprint density at radius 3 is 2.07 bits per heavy atom. The van der Waals surface area contributed by atoms with Gasteiger partial charge in [0.1, 0.15) is 11.3 Å². The molecule has 0 unspecified atom stereocenters. The SMILES string of the molecule is CCCn1c(=O)c2[nH]c(C34CCC(c5nnn[nH]5)(CC3)CC4)nc2n(CCC)c1=O. The van der Waals surface area contributed by atoms with Crippen molar-refractivity contribution in [2.24, 2.45) is 0 Å². The molecule has 0 amide bonds. The van der Waals surface area contributed by atoms with Crippen molar-refractivity contribution in [2.75, 3.05) is 0 Å². The molecule has 30 heavy (non-hydrogen) atoms. The van der Waals surface area contributed by atoms with Crippen LogP contribution in [-0.4, -0.2) is 39.7 Å². The highest BCUT2D eigenvalue weighted by molar-refractivity contribution is 5.70. The van der Waals surface area contributed by atoms with Gasteiger partial charge in [0.2, 0.25) is 0 Å². The van der Waals surface area contributed by atoms with E-state index in [0.717, 1.165) is 63.0 Å². The number of nitrogens with one attached hydrogen (secondary N) is 2. The van der Waals surface area contributed by atoms with Gasteiger partial charge in [-0.2, -0.15) is 0 Å². The predicted molar refractivity (Wildman–Crippen MR) is 110 cm³/mol. The molecule has 0 aliphatic heterocycles. The Morgan fingerprint density at radius 1 is 0.900 bits per heavy atom. The van der Waals surface area contributed by atoms with Gasteiger partial charge in [-0.3, -0.25) is 13.9 Å². The maximum absolute atomic E-state index is 13.1. The number of hydrogen-bond donors (Lipinski definition) is 2. The monoisotopic (exact) mass is 412 g/mol. The molecule has 2 N–H and O–H groups in total. The van der Waals surface area contributed by atoms with Gasteiger partial charge in [0.25, 0.3) is 5.56 Å². The van der Waals surface area contributed by atoms with Gasteiger partial charge >= 0.3 is 5.69 Å². The van der Waals surface area contributed by atoms with Crippen molar-refractivity contribution >= 4 is 11.2 Å². The molecule has 3 aliphatic rings. The first-order valence-electron chi connectivity index (χ1n) is 11.0. The van der Waals surface area contributed by atoms with E-state index >= 15 is 0 Å². The van der Waals surface area contributed by atoms with Crippen molar-refractivity contribution in [1.82, 2.24) is 39.7 Å². The average molecular weight is 412 g/mol. The number of aromatic amines is 2. The average Bonchev–Trinajstić information content (AvgIpc) is 3.47. The van der Waals surface area contributed by atoms with Crippen LogP contribution in [-0.2, 0) is 23.9 Å². The van der Waals surface area contributed by atoms with Crippen molar-refractivity contribution in [3.05, 3.63) is 32.5 Å². The number of rotatable bonds is 6. The van der Waals surface area contributed by atoms with Crippen molar-refractivity contribution in [3.63, 3.8) is 0 Å². The molecule has 0 aromatic carbocycles. The van der Waals surface area contributed by atoms with Crippen molar-refractivity contribution in [1.29, 1.82) is 0 Å². The fraction of sp³-hybridized carbons (Fsp3) is 0.700. The summed E-state index contributed by atoms with van der Waals surface area (Å²) in [5, 5.41) is 14.7. The van der Waals surface area contributed by atoms with E-state index in [-0.39, 0.29) is 22.1 Å². The van der Waals surface area contributed by atoms with Crippen LogP contribution in [0.1, 0.15) is 76.9 Å². The van der Waals surface area contributed by atoms with Gasteiger partial charge in [-0.05, 0) is 61.8 Å². The number of hydrogen-bond acceptors (Lipinski definition) is 6. The lowest BCUT2D eigenvalue weighted by Crippen LogP contribution is -2.47. The molecule has 0 atom stereocenters. The molecule has 0 radical (unpaired) electrons. The van der Waals surface area contributed by atoms with Crippen LogP contribution in [0.3, 0.4) is 0 Å². The van der Waals surface area contributed by atoms with Gasteiger partial charge < -0.3 is 4.98 Å². The Balaban J connectivity index is 1.58. The summed E-state index contributed by atoms with van der Waals surface area (Å²) in [4.78, 5) is 34.2. The molecule has 10 heteroatoms. The quantitative estimate of drug-likeness (QED) is 0.635. The maximum Gasteiger partial charge on any atom is 0.332 e. The fourth-order valence-corrected chi connectivity index (χ4v) is 5.54. The number of imidazole rings is 1. The largest absolute Gasteiger partial charge is 0.336 e. The Bertz CT molecular complexity index is 1160. The third kappa shape index (κ3) is 2.61. The zero-order valence-corrected chi connectivity index (χ0v) is 17.6. The topological polar surface area (TPSA) is 127 Å². The molecule has 3 heterocycles. The van der Waals surface area contributed by atoms with E-state index in [1.54, 1.807) is 4.57 Å². The number of nitrogens with zero attached hydrogens (tertiary/aromatic N) is 6. The lowest BCUT2D eigenvalue weighted by atomic mass is 9.53. The highest BCUT2D eigenvalue weighted by Crippen LogP contribution is 2.57. The van der Waals surface area contributed by atoms with Crippen LogP contribution in [0.5, 0.6) is 0 Å². The first-order chi connectivity index (χ1) is 14.5. The lowest BCUT2D eigenvalue weighted by molar-refractivity contribution is 0.0901. The zero-order chi connectivity index (χ0) is 20.9. The Labute approximate surface area is 173 Å². The van der Waals surface area contributed by atoms with E-state index in [0.29, 0.717) is 24.3 Å². The van der Waals surface area contributed by atoms with Gasteiger partial charge in [0, 0.05) is 23.9 Å². The first-order valence-corrected chi connectivity index (χ1v) is 11.0. The number of aryl methyl sites for hydroxylation is 1. The van der Waals surface area contributed by atoms with Crippen LogP contribution < -0.4 is 11.2 Å². The smallest absolute Gasteiger partial charge is 0.332 e. The third-order valence-corrected chi connectivity index (χ3v) is 7.35. The molecule has 6 rings (SSSR count). The molecule has 160 valence electrons. The van der Waals surface area contributed by atoms with E-state index in [9.17, 15) is 9.59 Å². The van der Waals surface area contributed by atoms with Crippen molar-refractivity contribution in [2.45, 2.75) is 89.1 Å². The Kier molecular flexibility index (Phi) is 4.41. The summed E-state index contributed by atoms with van der Waals surface area (Å²) in [6, 6.07) is 0. The molecule has 2 bridgehead atoms. The van der Waals surface area contributed by atoms with Crippen LogP contribution in [0.2, 0.25) is 0 Å². The first kappa shape index (κ1) is 19.2. The normalized spacial score (nSPS) is 25.9. The molecule has 0 spiro atoms. The molecule has 3 saturated carbocycles. The number of aromatic nitrogens is 8. The van der Waals surface area contributed by atoms with E-state index in [4.69, 9.17) is 4.98 Å². The molecular formula is C20H28N8O2. The maximum atomic E-state index is 13.1. The van der Waals surface area contributed by atoms with Crippen LogP contribution in [0.25, 0.3) is 11.2 Å². The molecular weight excluding hydrogens is 384 g/mol. The van der Waals surface area contributed by atoms with Crippen molar-refractivity contribution in [3.8, 4) is 0 Å². The molecule has 3 aliphatic carbocycles. The highest BCUT2D eigenvalue weighted by Gasteiger charge is 2.53. The standard InChI is InChI=1S/C20H28N8O2/c1-3-11-27-14-13(15(29)28(12-4-2)18(27)30)21-16(22-14)19-5-8-20(9-6-19,10-7-19)17-23-25-26-24-17/h3-12H2,1-2H3,(H,21,22)(H,23,24,25,26). The minimum Gasteiger partial charge on any atom is -0.336 e. The predicted octanol–water partition coefficient (Wildman–Crippen LogP) is 1.76. The summed E-state index contributed by atoms with van der Waals surface area (Å²) < 4.78 is 3.01. The summed E-state index contributed by atoms with van der Waals surface area (Å²) in [6.07, 6.45) is 7.41. The van der Waals surface area contributed by atoms with E-state index in [1.807, 2.05) is 13.8 Å². The third-order valence-electron chi connectivity index (χ3n) is 7.35. The Morgan fingerprint density at radius 2 is 1.50 bits per heavy atom. The van der Waals surface area contributed by atoms with Crippen molar-refractivity contribution < 1.29 is 0 Å². The highest BCUT2D eigenvalue weighted by atomic mass is 16.2. The molecule has 3 aromatic heterocycles. The fourth-order valence-electron chi connectivity index (χ4n) is 5.54. The van der Waals surface area contributed by atoms with Crippen LogP contribution in [0, 0.1) is 0 Å². The summed E-state index contributed by atoms with van der Waals surface area (Å²) in [5.74, 6) is 1.75. The van der Waals surface area contributed by atoms with E-state index < -0.39 is 0 Å². The van der Waals surface area contributed by atoms with E-state index in [1.165, 1.54) is 4.57 Å². The molecule has 10 nitrogen and oxygen atoms in total. The second-order valence-corrected chi connectivity index (χ2v) is 8.99. The van der Waals surface area contributed by atoms with Gasteiger partial charge in [-0.15, -0.1) is 5.10 Å². The minimum absolute atomic E-state index is 0.0232. The van der Waals surface area contributed by atoms with Gasteiger partial charge in [-0.1, -0.05) is 13.8 Å². The van der Waals surface area contributed by atoms with Gasteiger partial charge in [-0.25, -0.2) is 14.9 Å². The zero-order valence-electron chi connectivity index (χ0n) is 17.6.